The molecule has 3 N–H and O–H groups in total. The van der Waals surface area contributed by atoms with Gasteiger partial charge in [-0.15, -0.1) is 11.3 Å². The van der Waals surface area contributed by atoms with Crippen molar-refractivity contribution < 1.29 is 9.59 Å². The number of primary amides is 1. The molecular formula is C21H26N2O2S. The van der Waals surface area contributed by atoms with Crippen molar-refractivity contribution in [1.29, 1.82) is 0 Å². The van der Waals surface area contributed by atoms with Gasteiger partial charge in [0.2, 0.25) is 5.91 Å². The summed E-state index contributed by atoms with van der Waals surface area (Å²) in [5, 5.41) is 3.63. The highest BCUT2D eigenvalue weighted by molar-refractivity contribution is 7.17. The van der Waals surface area contributed by atoms with E-state index in [9.17, 15) is 9.59 Å². The number of nitrogens with two attached hydrogens (primary N) is 1. The fourth-order valence-electron chi connectivity index (χ4n) is 3.81. The van der Waals surface area contributed by atoms with Crippen LogP contribution in [-0.2, 0) is 17.6 Å². The smallest absolute Gasteiger partial charge is 0.251 e. The van der Waals surface area contributed by atoms with Crippen LogP contribution in [0.4, 0.5) is 5.00 Å². The summed E-state index contributed by atoms with van der Waals surface area (Å²) in [7, 11) is 0. The van der Waals surface area contributed by atoms with E-state index in [1.807, 2.05) is 37.3 Å². The van der Waals surface area contributed by atoms with Gasteiger partial charge in [-0.25, -0.2) is 0 Å². The van der Waals surface area contributed by atoms with Crippen LogP contribution in [0.15, 0.2) is 30.3 Å². The second-order valence-corrected chi connectivity index (χ2v) is 8.06. The third-order valence-corrected chi connectivity index (χ3v) is 6.52. The molecule has 0 bridgehead atoms. The van der Waals surface area contributed by atoms with Crippen molar-refractivity contribution in [2.24, 2.45) is 11.7 Å². The Morgan fingerprint density at radius 3 is 2.62 bits per heavy atom. The van der Waals surface area contributed by atoms with E-state index in [-0.39, 0.29) is 11.8 Å². The minimum atomic E-state index is -0.444. The van der Waals surface area contributed by atoms with Gasteiger partial charge in [-0.2, -0.15) is 0 Å². The van der Waals surface area contributed by atoms with E-state index in [0.29, 0.717) is 22.9 Å². The van der Waals surface area contributed by atoms with Crippen LogP contribution in [0.5, 0.6) is 0 Å². The van der Waals surface area contributed by atoms with Gasteiger partial charge >= 0.3 is 0 Å². The fourth-order valence-corrected chi connectivity index (χ4v) is 5.18. The number of benzene rings is 1. The zero-order chi connectivity index (χ0) is 18.7. The molecule has 2 atom stereocenters. The standard InChI is InChI=1S/C21H26N2O2S/c1-3-13-10-11-16-17(12-13)26-21(18(16)19(22)24)23-20(25)15(4-2)14-8-6-5-7-9-14/h5-9,13,15H,3-4,10-12H2,1-2H3,(H2,22,24)(H,23,25)/t13-,15-/m0/s1. The highest BCUT2D eigenvalue weighted by Gasteiger charge is 2.29. The second kappa shape index (κ2) is 8.04. The molecule has 0 radical (unpaired) electrons. The molecule has 26 heavy (non-hydrogen) atoms. The summed E-state index contributed by atoms with van der Waals surface area (Å²) in [5.41, 5.74) is 8.22. The largest absolute Gasteiger partial charge is 0.365 e. The van der Waals surface area contributed by atoms with Crippen LogP contribution in [0.25, 0.3) is 0 Å². The van der Waals surface area contributed by atoms with Gasteiger partial charge in [-0.05, 0) is 42.7 Å². The lowest BCUT2D eigenvalue weighted by Crippen LogP contribution is -2.23. The van der Waals surface area contributed by atoms with Crippen molar-refractivity contribution in [3.8, 4) is 0 Å². The number of anilines is 1. The highest BCUT2D eigenvalue weighted by atomic mass is 32.1. The van der Waals surface area contributed by atoms with E-state index in [2.05, 4.69) is 12.2 Å². The Hall–Kier alpha value is -2.14. The zero-order valence-electron chi connectivity index (χ0n) is 15.4. The maximum atomic E-state index is 12.9. The predicted molar refractivity (Wildman–Crippen MR) is 107 cm³/mol. The van der Waals surface area contributed by atoms with Crippen LogP contribution in [0.3, 0.4) is 0 Å². The maximum absolute atomic E-state index is 12.9. The molecule has 138 valence electrons. The molecule has 0 saturated heterocycles. The van der Waals surface area contributed by atoms with Gasteiger partial charge in [0, 0.05) is 4.88 Å². The minimum Gasteiger partial charge on any atom is -0.365 e. The lowest BCUT2D eigenvalue weighted by Gasteiger charge is -2.20. The lowest BCUT2D eigenvalue weighted by molar-refractivity contribution is -0.117. The zero-order valence-corrected chi connectivity index (χ0v) is 16.2. The summed E-state index contributed by atoms with van der Waals surface area (Å²) in [6, 6.07) is 9.75. The first-order valence-electron chi connectivity index (χ1n) is 9.35. The van der Waals surface area contributed by atoms with E-state index < -0.39 is 5.91 Å². The number of carbonyl (C=O) groups is 2. The summed E-state index contributed by atoms with van der Waals surface area (Å²) in [6.45, 7) is 4.20. The number of carbonyl (C=O) groups excluding carboxylic acids is 2. The third kappa shape index (κ3) is 3.68. The molecule has 3 rings (SSSR count). The fraction of sp³-hybridized carbons (Fsp3) is 0.429. The van der Waals surface area contributed by atoms with Crippen molar-refractivity contribution in [2.45, 2.75) is 51.9 Å². The van der Waals surface area contributed by atoms with E-state index in [1.165, 1.54) is 16.2 Å². The number of rotatable bonds is 6. The lowest BCUT2D eigenvalue weighted by atomic mass is 9.85. The number of fused-ring (bicyclic) bond motifs is 1. The van der Waals surface area contributed by atoms with Crippen molar-refractivity contribution in [2.75, 3.05) is 5.32 Å². The Morgan fingerprint density at radius 2 is 2.00 bits per heavy atom. The van der Waals surface area contributed by atoms with Gasteiger partial charge in [-0.1, -0.05) is 50.6 Å². The van der Waals surface area contributed by atoms with Crippen LogP contribution < -0.4 is 11.1 Å². The Balaban J connectivity index is 1.88. The number of nitrogens with one attached hydrogen (secondary N) is 1. The molecule has 4 nitrogen and oxygen atoms in total. The molecule has 1 aliphatic carbocycles. The van der Waals surface area contributed by atoms with Crippen molar-refractivity contribution >= 4 is 28.2 Å². The van der Waals surface area contributed by atoms with Crippen molar-refractivity contribution in [3.63, 3.8) is 0 Å². The average molecular weight is 371 g/mol. The van der Waals surface area contributed by atoms with E-state index in [4.69, 9.17) is 5.73 Å². The van der Waals surface area contributed by atoms with Crippen LogP contribution >= 0.6 is 11.3 Å². The average Bonchev–Trinajstić information content (AvgIpc) is 3.00. The molecule has 0 spiro atoms. The van der Waals surface area contributed by atoms with Gasteiger partial charge in [0.05, 0.1) is 11.5 Å². The van der Waals surface area contributed by atoms with Crippen molar-refractivity contribution in [1.82, 2.24) is 0 Å². The van der Waals surface area contributed by atoms with E-state index in [0.717, 1.165) is 36.8 Å². The summed E-state index contributed by atoms with van der Waals surface area (Å²) in [4.78, 5) is 26.2. The summed E-state index contributed by atoms with van der Waals surface area (Å²) in [6.07, 6.45) is 4.76. The van der Waals surface area contributed by atoms with Gasteiger partial charge in [-0.3, -0.25) is 9.59 Å². The SMILES string of the molecule is CC[C@H]1CCc2c(sc(NC(=O)[C@@H](CC)c3ccccc3)c2C(N)=O)C1. The first kappa shape index (κ1) is 18.6. The number of hydrogen-bond acceptors (Lipinski definition) is 3. The van der Waals surface area contributed by atoms with Crippen LogP contribution in [0.1, 0.15) is 65.4 Å². The number of thiophene rings is 1. The molecular weight excluding hydrogens is 344 g/mol. The van der Waals surface area contributed by atoms with Crippen LogP contribution in [0.2, 0.25) is 0 Å². The van der Waals surface area contributed by atoms with Gasteiger partial charge < -0.3 is 11.1 Å². The molecule has 0 unspecified atom stereocenters. The summed E-state index contributed by atoms with van der Waals surface area (Å²) < 4.78 is 0. The van der Waals surface area contributed by atoms with Gasteiger partial charge in [0.15, 0.2) is 0 Å². The topological polar surface area (TPSA) is 72.2 Å². The maximum Gasteiger partial charge on any atom is 0.251 e. The first-order chi connectivity index (χ1) is 12.5. The Kier molecular flexibility index (Phi) is 5.77. The summed E-state index contributed by atoms with van der Waals surface area (Å²) >= 11 is 1.53. The summed E-state index contributed by atoms with van der Waals surface area (Å²) in [5.74, 6) is -0.107. The molecule has 0 saturated carbocycles. The van der Waals surface area contributed by atoms with E-state index in [1.54, 1.807) is 0 Å². The minimum absolute atomic E-state index is 0.0770. The Bertz CT molecular complexity index is 798. The number of amides is 2. The molecule has 5 heteroatoms. The van der Waals surface area contributed by atoms with Gasteiger partial charge in [0.1, 0.15) is 5.00 Å². The predicted octanol–water partition coefficient (Wildman–Crippen LogP) is 4.49. The van der Waals surface area contributed by atoms with Crippen molar-refractivity contribution in [3.05, 3.63) is 51.9 Å². The molecule has 0 aliphatic heterocycles. The molecule has 1 heterocycles. The number of hydrogen-bond donors (Lipinski definition) is 2. The molecule has 1 aromatic carbocycles. The Labute approximate surface area is 158 Å². The van der Waals surface area contributed by atoms with Crippen LogP contribution in [0, 0.1) is 5.92 Å². The first-order valence-corrected chi connectivity index (χ1v) is 10.2. The molecule has 2 aromatic rings. The highest BCUT2D eigenvalue weighted by Crippen LogP contribution is 2.40. The van der Waals surface area contributed by atoms with Crippen LogP contribution in [-0.4, -0.2) is 11.8 Å². The monoisotopic (exact) mass is 370 g/mol. The quantitative estimate of drug-likeness (QED) is 0.786. The molecule has 2 amide bonds. The Morgan fingerprint density at radius 1 is 1.27 bits per heavy atom. The molecule has 1 aromatic heterocycles. The third-order valence-electron chi connectivity index (χ3n) is 5.35. The second-order valence-electron chi connectivity index (χ2n) is 6.95. The normalized spacial score (nSPS) is 17.4. The van der Waals surface area contributed by atoms with Gasteiger partial charge in [0.25, 0.3) is 5.91 Å². The van der Waals surface area contributed by atoms with E-state index >= 15 is 0 Å². The molecule has 1 aliphatic rings. The molecule has 0 fully saturated rings.